The minimum Gasteiger partial charge on any atom is -0.409 e. The smallest absolute Gasteiger partial charge is 0.170 e. The second kappa shape index (κ2) is 6.48. The van der Waals surface area contributed by atoms with Gasteiger partial charge in [0.2, 0.25) is 0 Å². The van der Waals surface area contributed by atoms with Crippen molar-refractivity contribution in [3.8, 4) is 0 Å². The molecule has 112 valence electrons. The molecule has 0 unspecified atom stereocenters. The van der Waals surface area contributed by atoms with Gasteiger partial charge in [-0.1, -0.05) is 43.3 Å². The summed E-state index contributed by atoms with van der Waals surface area (Å²) in [6.07, 6.45) is 2.20. The first-order chi connectivity index (χ1) is 10.1. The van der Waals surface area contributed by atoms with E-state index in [1.165, 1.54) is 5.69 Å². The number of nitrogens with two attached hydrogens (primary N) is 1. The summed E-state index contributed by atoms with van der Waals surface area (Å²) in [5.74, 6) is 0.142. The van der Waals surface area contributed by atoms with E-state index < -0.39 is 0 Å². The molecular formula is C17H23N3O. The predicted octanol–water partition coefficient (Wildman–Crippen LogP) is 3.56. The van der Waals surface area contributed by atoms with Crippen molar-refractivity contribution in [2.45, 2.75) is 32.7 Å². The molecule has 0 aliphatic heterocycles. The van der Waals surface area contributed by atoms with Crippen LogP contribution >= 0.6 is 0 Å². The highest BCUT2D eigenvalue weighted by molar-refractivity contribution is 6.11. The van der Waals surface area contributed by atoms with Crippen LogP contribution in [-0.2, 0) is 0 Å². The molecule has 0 radical (unpaired) electrons. The van der Waals surface area contributed by atoms with Gasteiger partial charge in [0, 0.05) is 29.7 Å². The SMILES string of the molecule is CCC(CC)N(C)c1ccc(/C(N)=N/O)c2ccccc12. The molecule has 0 bridgehead atoms. The molecule has 0 saturated carbocycles. The monoisotopic (exact) mass is 285 g/mol. The molecule has 0 amide bonds. The van der Waals surface area contributed by atoms with Crippen LogP contribution in [0.25, 0.3) is 10.8 Å². The molecule has 0 heterocycles. The molecule has 0 aliphatic carbocycles. The van der Waals surface area contributed by atoms with E-state index >= 15 is 0 Å². The summed E-state index contributed by atoms with van der Waals surface area (Å²) in [7, 11) is 2.13. The highest BCUT2D eigenvalue weighted by Gasteiger charge is 2.16. The largest absolute Gasteiger partial charge is 0.409 e. The summed E-state index contributed by atoms with van der Waals surface area (Å²) in [5, 5.41) is 14.2. The normalized spacial score (nSPS) is 12.1. The average Bonchev–Trinajstić information content (AvgIpc) is 2.54. The summed E-state index contributed by atoms with van der Waals surface area (Å²) in [6, 6.07) is 12.5. The molecule has 4 nitrogen and oxygen atoms in total. The van der Waals surface area contributed by atoms with Crippen molar-refractivity contribution in [1.29, 1.82) is 0 Å². The third kappa shape index (κ3) is 2.79. The maximum atomic E-state index is 8.94. The Morgan fingerprint density at radius 1 is 1.14 bits per heavy atom. The number of benzene rings is 2. The number of fused-ring (bicyclic) bond motifs is 1. The maximum Gasteiger partial charge on any atom is 0.170 e. The minimum absolute atomic E-state index is 0.142. The lowest BCUT2D eigenvalue weighted by molar-refractivity contribution is 0.318. The van der Waals surface area contributed by atoms with Gasteiger partial charge in [-0.05, 0) is 30.4 Å². The number of hydrogen-bond donors (Lipinski definition) is 2. The van der Waals surface area contributed by atoms with Crippen LogP contribution in [0.3, 0.4) is 0 Å². The highest BCUT2D eigenvalue weighted by Crippen LogP contribution is 2.30. The van der Waals surface area contributed by atoms with Crippen molar-refractivity contribution in [2.24, 2.45) is 10.9 Å². The number of anilines is 1. The van der Waals surface area contributed by atoms with Gasteiger partial charge in [-0.25, -0.2) is 0 Å². The zero-order valence-corrected chi connectivity index (χ0v) is 12.9. The molecule has 2 aromatic rings. The molecule has 0 saturated heterocycles. The first-order valence-corrected chi connectivity index (χ1v) is 7.36. The molecule has 2 aromatic carbocycles. The lowest BCUT2D eigenvalue weighted by atomic mass is 10.00. The molecule has 2 rings (SSSR count). The molecule has 21 heavy (non-hydrogen) atoms. The summed E-state index contributed by atoms with van der Waals surface area (Å²) in [6.45, 7) is 4.41. The lowest BCUT2D eigenvalue weighted by Crippen LogP contribution is -2.30. The Kier molecular flexibility index (Phi) is 4.68. The number of oxime groups is 1. The van der Waals surface area contributed by atoms with Crippen LogP contribution in [0.5, 0.6) is 0 Å². The van der Waals surface area contributed by atoms with E-state index in [0.717, 1.165) is 29.2 Å². The van der Waals surface area contributed by atoms with Crippen LogP contribution in [0.4, 0.5) is 5.69 Å². The van der Waals surface area contributed by atoms with Crippen LogP contribution in [0.2, 0.25) is 0 Å². The van der Waals surface area contributed by atoms with E-state index in [0.29, 0.717) is 6.04 Å². The van der Waals surface area contributed by atoms with Crippen molar-refractivity contribution in [3.63, 3.8) is 0 Å². The summed E-state index contributed by atoms with van der Waals surface area (Å²) in [4.78, 5) is 2.32. The summed E-state index contributed by atoms with van der Waals surface area (Å²) < 4.78 is 0. The summed E-state index contributed by atoms with van der Waals surface area (Å²) >= 11 is 0. The Morgan fingerprint density at radius 3 is 2.33 bits per heavy atom. The fraction of sp³-hybridized carbons (Fsp3) is 0.353. The van der Waals surface area contributed by atoms with E-state index in [1.54, 1.807) is 0 Å². The van der Waals surface area contributed by atoms with Gasteiger partial charge in [0.1, 0.15) is 0 Å². The van der Waals surface area contributed by atoms with Crippen molar-refractivity contribution < 1.29 is 5.21 Å². The quantitative estimate of drug-likeness (QED) is 0.382. The number of nitrogens with zero attached hydrogens (tertiary/aromatic N) is 2. The van der Waals surface area contributed by atoms with Crippen LogP contribution < -0.4 is 10.6 Å². The van der Waals surface area contributed by atoms with Gasteiger partial charge in [0.05, 0.1) is 0 Å². The first-order valence-electron chi connectivity index (χ1n) is 7.36. The van der Waals surface area contributed by atoms with Crippen molar-refractivity contribution in [3.05, 3.63) is 42.0 Å². The Hall–Kier alpha value is -2.23. The molecule has 0 atom stereocenters. The van der Waals surface area contributed by atoms with Gasteiger partial charge >= 0.3 is 0 Å². The van der Waals surface area contributed by atoms with Crippen molar-refractivity contribution >= 4 is 22.3 Å². The van der Waals surface area contributed by atoms with Gasteiger partial charge in [0.25, 0.3) is 0 Å². The topological polar surface area (TPSA) is 61.8 Å². The Bertz CT molecular complexity index is 648. The molecule has 4 heteroatoms. The fourth-order valence-electron chi connectivity index (χ4n) is 2.90. The average molecular weight is 285 g/mol. The number of amidine groups is 1. The van der Waals surface area contributed by atoms with Crippen LogP contribution in [0.1, 0.15) is 32.3 Å². The highest BCUT2D eigenvalue weighted by atomic mass is 16.4. The van der Waals surface area contributed by atoms with E-state index in [1.807, 2.05) is 30.3 Å². The van der Waals surface area contributed by atoms with E-state index in [-0.39, 0.29) is 5.84 Å². The maximum absolute atomic E-state index is 8.94. The third-order valence-corrected chi connectivity index (χ3v) is 4.15. The van der Waals surface area contributed by atoms with Crippen molar-refractivity contribution in [2.75, 3.05) is 11.9 Å². The van der Waals surface area contributed by atoms with E-state index in [4.69, 9.17) is 10.9 Å². The zero-order chi connectivity index (χ0) is 15.4. The third-order valence-electron chi connectivity index (χ3n) is 4.15. The molecule has 0 spiro atoms. The second-order valence-corrected chi connectivity index (χ2v) is 5.24. The first kappa shape index (κ1) is 15.2. The Balaban J connectivity index is 2.63. The van der Waals surface area contributed by atoms with Crippen molar-refractivity contribution in [1.82, 2.24) is 0 Å². The minimum atomic E-state index is 0.142. The van der Waals surface area contributed by atoms with E-state index in [9.17, 15) is 0 Å². The number of rotatable bonds is 5. The zero-order valence-electron chi connectivity index (χ0n) is 12.9. The van der Waals surface area contributed by atoms with Gasteiger partial charge in [0.15, 0.2) is 5.84 Å². The van der Waals surface area contributed by atoms with Crippen LogP contribution in [-0.4, -0.2) is 24.1 Å². The second-order valence-electron chi connectivity index (χ2n) is 5.24. The molecular weight excluding hydrogens is 262 g/mol. The predicted molar refractivity (Wildman–Crippen MR) is 89.2 cm³/mol. The van der Waals surface area contributed by atoms with Gasteiger partial charge in [-0.15, -0.1) is 0 Å². The Morgan fingerprint density at radius 2 is 1.76 bits per heavy atom. The Labute approximate surface area is 125 Å². The van der Waals surface area contributed by atoms with Crippen LogP contribution in [0, 0.1) is 0 Å². The van der Waals surface area contributed by atoms with Gasteiger partial charge in [-0.3, -0.25) is 0 Å². The fourth-order valence-corrected chi connectivity index (χ4v) is 2.90. The standard InChI is InChI=1S/C17H23N3O/c1-4-12(5-2)20(3)16-11-10-15(17(18)19-21)13-8-6-7-9-14(13)16/h6-12,21H,4-5H2,1-3H3,(H2,18,19). The molecule has 0 aliphatic rings. The molecule has 0 aromatic heterocycles. The molecule has 0 fully saturated rings. The van der Waals surface area contributed by atoms with Crippen LogP contribution in [0.15, 0.2) is 41.6 Å². The lowest BCUT2D eigenvalue weighted by Gasteiger charge is -2.30. The molecule has 3 N–H and O–H groups in total. The van der Waals surface area contributed by atoms with Gasteiger partial charge in [-0.2, -0.15) is 0 Å². The summed E-state index contributed by atoms with van der Waals surface area (Å²) in [5.41, 5.74) is 7.72. The van der Waals surface area contributed by atoms with Gasteiger partial charge < -0.3 is 15.8 Å². The van der Waals surface area contributed by atoms with E-state index in [2.05, 4.69) is 37.0 Å². The number of hydrogen-bond acceptors (Lipinski definition) is 3.